The highest BCUT2D eigenvalue weighted by Gasteiger charge is 2.33. The van der Waals surface area contributed by atoms with E-state index in [0.29, 0.717) is 11.7 Å². The summed E-state index contributed by atoms with van der Waals surface area (Å²) in [5.74, 6) is 1.38. The van der Waals surface area contributed by atoms with E-state index in [1.807, 2.05) is 0 Å². The molecule has 18 heavy (non-hydrogen) atoms. The van der Waals surface area contributed by atoms with Crippen LogP contribution in [0, 0.1) is 17.8 Å². The summed E-state index contributed by atoms with van der Waals surface area (Å²) < 4.78 is 0. The van der Waals surface area contributed by atoms with Gasteiger partial charge in [0.2, 0.25) is 5.91 Å². The van der Waals surface area contributed by atoms with Gasteiger partial charge in [-0.15, -0.1) is 0 Å². The van der Waals surface area contributed by atoms with Crippen molar-refractivity contribution in [1.29, 1.82) is 0 Å². The third-order valence-corrected chi connectivity index (χ3v) is 4.75. The second-order valence-electron chi connectivity index (χ2n) is 5.90. The predicted molar refractivity (Wildman–Crippen MR) is 71.1 cm³/mol. The van der Waals surface area contributed by atoms with Crippen LogP contribution in [0.5, 0.6) is 0 Å². The standard InChI is InChI=1S/C15H25NO2/c1-16-15(18)13-9-7-12(8-10-13)14(17)11-5-3-2-4-6-11/h11-13H,2-10H2,1H3,(H,16,18). The smallest absolute Gasteiger partial charge is 0.222 e. The van der Waals surface area contributed by atoms with Crippen LogP contribution < -0.4 is 5.32 Å². The van der Waals surface area contributed by atoms with Crippen molar-refractivity contribution >= 4 is 11.7 Å². The molecule has 2 aliphatic rings. The fourth-order valence-corrected chi connectivity index (χ4v) is 3.56. The van der Waals surface area contributed by atoms with Crippen LogP contribution in [0.3, 0.4) is 0 Å². The summed E-state index contributed by atoms with van der Waals surface area (Å²) in [5, 5.41) is 2.72. The minimum absolute atomic E-state index is 0.144. The Labute approximate surface area is 110 Å². The number of rotatable bonds is 3. The van der Waals surface area contributed by atoms with Gasteiger partial charge in [0, 0.05) is 24.8 Å². The van der Waals surface area contributed by atoms with Crippen LogP contribution in [-0.2, 0) is 9.59 Å². The maximum atomic E-state index is 12.4. The lowest BCUT2D eigenvalue weighted by Crippen LogP contribution is -2.34. The predicted octanol–water partition coefficient (Wildman–Crippen LogP) is 2.69. The molecule has 2 saturated carbocycles. The molecule has 3 nitrogen and oxygen atoms in total. The topological polar surface area (TPSA) is 46.2 Å². The van der Waals surface area contributed by atoms with E-state index in [1.165, 1.54) is 19.3 Å². The third-order valence-electron chi connectivity index (χ3n) is 4.75. The maximum Gasteiger partial charge on any atom is 0.222 e. The molecule has 1 amide bonds. The van der Waals surface area contributed by atoms with Crippen molar-refractivity contribution in [3.05, 3.63) is 0 Å². The zero-order valence-corrected chi connectivity index (χ0v) is 11.4. The van der Waals surface area contributed by atoms with E-state index in [2.05, 4.69) is 5.32 Å². The molecule has 102 valence electrons. The van der Waals surface area contributed by atoms with Gasteiger partial charge < -0.3 is 5.32 Å². The summed E-state index contributed by atoms with van der Waals surface area (Å²) in [5.41, 5.74) is 0. The van der Waals surface area contributed by atoms with Crippen molar-refractivity contribution in [2.24, 2.45) is 17.8 Å². The number of hydrogen-bond acceptors (Lipinski definition) is 2. The summed E-state index contributed by atoms with van der Waals surface area (Å²) in [4.78, 5) is 23.9. The Bertz CT molecular complexity index is 300. The van der Waals surface area contributed by atoms with Crippen LogP contribution in [0.2, 0.25) is 0 Å². The highest BCUT2D eigenvalue weighted by molar-refractivity contribution is 5.84. The molecule has 0 aromatic rings. The fourth-order valence-electron chi connectivity index (χ4n) is 3.56. The molecule has 0 atom stereocenters. The van der Waals surface area contributed by atoms with Crippen molar-refractivity contribution in [1.82, 2.24) is 5.32 Å². The van der Waals surface area contributed by atoms with E-state index in [-0.39, 0.29) is 17.7 Å². The molecule has 0 spiro atoms. The first-order chi connectivity index (χ1) is 8.72. The van der Waals surface area contributed by atoms with Gasteiger partial charge in [0.15, 0.2) is 0 Å². The first kappa shape index (κ1) is 13.6. The lowest BCUT2D eigenvalue weighted by molar-refractivity contribution is -0.132. The molecule has 0 saturated heterocycles. The van der Waals surface area contributed by atoms with Crippen LogP contribution in [-0.4, -0.2) is 18.7 Å². The Hall–Kier alpha value is -0.860. The molecule has 2 fully saturated rings. The number of carbonyl (C=O) groups is 2. The van der Waals surface area contributed by atoms with Gasteiger partial charge in [0.25, 0.3) is 0 Å². The highest BCUT2D eigenvalue weighted by Crippen LogP contribution is 2.34. The maximum absolute atomic E-state index is 12.4. The van der Waals surface area contributed by atoms with Gasteiger partial charge in [0.1, 0.15) is 5.78 Å². The molecule has 1 N–H and O–H groups in total. The van der Waals surface area contributed by atoms with Crippen molar-refractivity contribution in [3.8, 4) is 0 Å². The number of nitrogens with one attached hydrogen (secondary N) is 1. The molecule has 0 bridgehead atoms. The molecule has 0 heterocycles. The molecule has 0 aliphatic heterocycles. The first-order valence-corrected chi connectivity index (χ1v) is 7.47. The number of Topliss-reactive ketones (excluding diaryl/α,β-unsaturated/α-hetero) is 1. The van der Waals surface area contributed by atoms with Crippen molar-refractivity contribution in [2.75, 3.05) is 7.05 Å². The molecule has 3 heteroatoms. The van der Waals surface area contributed by atoms with Crippen LogP contribution in [0.25, 0.3) is 0 Å². The lowest BCUT2D eigenvalue weighted by atomic mass is 9.74. The number of ketones is 1. The minimum Gasteiger partial charge on any atom is -0.359 e. The first-order valence-electron chi connectivity index (χ1n) is 7.47. The summed E-state index contributed by atoms with van der Waals surface area (Å²) >= 11 is 0. The van der Waals surface area contributed by atoms with E-state index in [9.17, 15) is 9.59 Å². The zero-order chi connectivity index (χ0) is 13.0. The van der Waals surface area contributed by atoms with Gasteiger partial charge in [-0.1, -0.05) is 19.3 Å². The Balaban J connectivity index is 1.81. The second-order valence-corrected chi connectivity index (χ2v) is 5.90. The van der Waals surface area contributed by atoms with E-state index < -0.39 is 0 Å². The Morgan fingerprint density at radius 1 is 0.778 bits per heavy atom. The van der Waals surface area contributed by atoms with Crippen LogP contribution in [0.4, 0.5) is 0 Å². The quantitative estimate of drug-likeness (QED) is 0.838. The summed E-state index contributed by atoms with van der Waals surface area (Å²) in [6, 6.07) is 0. The van der Waals surface area contributed by atoms with Gasteiger partial charge in [-0.05, 0) is 38.5 Å². The van der Waals surface area contributed by atoms with Gasteiger partial charge in [-0.2, -0.15) is 0 Å². The average molecular weight is 251 g/mol. The summed E-state index contributed by atoms with van der Waals surface area (Å²) in [6.45, 7) is 0. The molecule has 0 radical (unpaired) electrons. The molecule has 2 rings (SSSR count). The molecule has 0 unspecified atom stereocenters. The monoisotopic (exact) mass is 251 g/mol. The average Bonchev–Trinajstić information content (AvgIpc) is 2.47. The number of amides is 1. The number of hydrogen-bond donors (Lipinski definition) is 1. The van der Waals surface area contributed by atoms with Gasteiger partial charge in [-0.25, -0.2) is 0 Å². The molecular formula is C15H25NO2. The SMILES string of the molecule is CNC(=O)C1CCC(C(=O)C2CCCCC2)CC1. The second kappa shape index (κ2) is 6.35. The lowest BCUT2D eigenvalue weighted by Gasteiger charge is -2.30. The van der Waals surface area contributed by atoms with Gasteiger partial charge in [-0.3, -0.25) is 9.59 Å². The zero-order valence-electron chi connectivity index (χ0n) is 11.4. The van der Waals surface area contributed by atoms with Crippen LogP contribution >= 0.6 is 0 Å². The van der Waals surface area contributed by atoms with E-state index in [1.54, 1.807) is 7.05 Å². The van der Waals surface area contributed by atoms with Crippen LogP contribution in [0.15, 0.2) is 0 Å². The summed E-state index contributed by atoms with van der Waals surface area (Å²) in [7, 11) is 1.70. The Kier molecular flexibility index (Phi) is 4.79. The van der Waals surface area contributed by atoms with E-state index in [0.717, 1.165) is 38.5 Å². The van der Waals surface area contributed by atoms with E-state index >= 15 is 0 Å². The largest absolute Gasteiger partial charge is 0.359 e. The van der Waals surface area contributed by atoms with Gasteiger partial charge in [0.05, 0.1) is 0 Å². The van der Waals surface area contributed by atoms with Crippen LogP contribution in [0.1, 0.15) is 57.8 Å². The third kappa shape index (κ3) is 3.12. The van der Waals surface area contributed by atoms with Crippen molar-refractivity contribution in [2.45, 2.75) is 57.8 Å². The normalized spacial score (nSPS) is 29.8. The van der Waals surface area contributed by atoms with Gasteiger partial charge >= 0.3 is 0 Å². The molecule has 0 aromatic carbocycles. The Morgan fingerprint density at radius 3 is 1.83 bits per heavy atom. The summed E-state index contributed by atoms with van der Waals surface area (Å²) in [6.07, 6.45) is 9.59. The number of carbonyl (C=O) groups excluding carboxylic acids is 2. The molecular weight excluding hydrogens is 226 g/mol. The molecule has 2 aliphatic carbocycles. The van der Waals surface area contributed by atoms with E-state index in [4.69, 9.17) is 0 Å². The van der Waals surface area contributed by atoms with Crippen molar-refractivity contribution < 1.29 is 9.59 Å². The Morgan fingerprint density at radius 2 is 1.28 bits per heavy atom. The molecule has 0 aromatic heterocycles. The minimum atomic E-state index is 0.144. The fraction of sp³-hybridized carbons (Fsp3) is 0.867. The highest BCUT2D eigenvalue weighted by atomic mass is 16.1. The van der Waals surface area contributed by atoms with Crippen molar-refractivity contribution in [3.63, 3.8) is 0 Å².